The highest BCUT2D eigenvalue weighted by Crippen LogP contribution is 2.16. The number of aliphatic hydroxyl groups is 1. The topological polar surface area (TPSA) is 56.5 Å². The van der Waals surface area contributed by atoms with Crippen molar-refractivity contribution in [2.24, 2.45) is 0 Å². The highest BCUT2D eigenvalue weighted by molar-refractivity contribution is 9.10. The van der Waals surface area contributed by atoms with Crippen LogP contribution in [0.2, 0.25) is 25.7 Å². The summed E-state index contributed by atoms with van der Waals surface area (Å²) >= 11 is 3.44. The highest BCUT2D eigenvalue weighted by Gasteiger charge is 2.12. The van der Waals surface area contributed by atoms with Crippen LogP contribution in [0.15, 0.2) is 10.7 Å². The zero-order valence-corrected chi connectivity index (χ0v) is 14.4. The van der Waals surface area contributed by atoms with Crippen molar-refractivity contribution in [2.45, 2.75) is 39.0 Å². The van der Waals surface area contributed by atoms with E-state index in [1.807, 2.05) is 6.20 Å². The van der Waals surface area contributed by atoms with Gasteiger partial charge in [-0.3, -0.25) is 0 Å². The van der Waals surface area contributed by atoms with E-state index < -0.39 is 8.07 Å². The third kappa shape index (κ3) is 7.22. The van der Waals surface area contributed by atoms with Gasteiger partial charge in [-0.15, -0.1) is 0 Å². The van der Waals surface area contributed by atoms with Gasteiger partial charge in [0, 0.05) is 20.9 Å². The first kappa shape index (κ1) is 16.8. The summed E-state index contributed by atoms with van der Waals surface area (Å²) in [7, 11) is -1.03. The number of hydrogen-bond donors (Lipinski definition) is 1. The van der Waals surface area contributed by atoms with Gasteiger partial charge < -0.3 is 14.6 Å². The van der Waals surface area contributed by atoms with Crippen LogP contribution in [0.3, 0.4) is 0 Å². The van der Waals surface area contributed by atoms with Crippen LogP contribution in [0, 0.1) is 0 Å². The Morgan fingerprint density at radius 1 is 1.32 bits per heavy atom. The fourth-order valence-electron chi connectivity index (χ4n) is 1.37. The smallest absolute Gasteiger partial charge is 0.139 e. The molecular weight excluding hydrogens is 328 g/mol. The molecule has 0 saturated carbocycles. The van der Waals surface area contributed by atoms with E-state index in [1.54, 1.807) is 4.68 Å². The molecule has 7 heteroatoms. The largest absolute Gasteiger partial charge is 0.394 e. The van der Waals surface area contributed by atoms with Crippen molar-refractivity contribution in [1.29, 1.82) is 0 Å². The Morgan fingerprint density at radius 3 is 2.68 bits per heavy atom. The second-order valence-electron chi connectivity index (χ2n) is 5.59. The van der Waals surface area contributed by atoms with Gasteiger partial charge in [0.05, 0.1) is 24.3 Å². The molecule has 19 heavy (non-hydrogen) atoms. The predicted octanol–water partition coefficient (Wildman–Crippen LogP) is 2.47. The summed E-state index contributed by atoms with van der Waals surface area (Å²) in [6, 6.07) is 1.15. The first-order valence-electron chi connectivity index (χ1n) is 6.40. The molecule has 110 valence electrons. The molecule has 0 unspecified atom stereocenters. The van der Waals surface area contributed by atoms with Crippen LogP contribution < -0.4 is 0 Å². The summed E-state index contributed by atoms with van der Waals surface area (Å²) in [5.41, 5.74) is 0.822. The molecular formula is C12H23BrN2O3Si. The van der Waals surface area contributed by atoms with E-state index >= 15 is 0 Å². The summed E-state index contributed by atoms with van der Waals surface area (Å²) in [6.45, 7) is 8.98. The maximum absolute atomic E-state index is 8.65. The number of aliphatic hydroxyl groups excluding tert-OH is 1. The van der Waals surface area contributed by atoms with Gasteiger partial charge in [0.1, 0.15) is 12.4 Å². The zero-order valence-electron chi connectivity index (χ0n) is 11.9. The quantitative estimate of drug-likeness (QED) is 0.549. The van der Waals surface area contributed by atoms with Crippen LogP contribution >= 0.6 is 15.9 Å². The monoisotopic (exact) mass is 350 g/mol. The Hall–Kier alpha value is -0.213. The van der Waals surface area contributed by atoms with Crippen molar-refractivity contribution in [2.75, 3.05) is 19.8 Å². The van der Waals surface area contributed by atoms with Crippen molar-refractivity contribution in [3.63, 3.8) is 0 Å². The lowest BCUT2D eigenvalue weighted by Crippen LogP contribution is -2.22. The van der Waals surface area contributed by atoms with Gasteiger partial charge >= 0.3 is 0 Å². The Labute approximate surface area is 124 Å². The van der Waals surface area contributed by atoms with E-state index in [9.17, 15) is 0 Å². The number of nitrogens with zero attached hydrogens (tertiary/aromatic N) is 2. The normalized spacial score (nSPS) is 12.1. The number of ether oxygens (including phenoxy) is 2. The van der Waals surface area contributed by atoms with E-state index in [1.165, 1.54) is 0 Å². The van der Waals surface area contributed by atoms with Gasteiger partial charge in [0.15, 0.2) is 0 Å². The Balaban J connectivity index is 2.32. The second-order valence-corrected chi connectivity index (χ2v) is 12.1. The molecule has 1 N–H and O–H groups in total. The summed E-state index contributed by atoms with van der Waals surface area (Å²) < 4.78 is 13.5. The van der Waals surface area contributed by atoms with Crippen molar-refractivity contribution < 1.29 is 14.6 Å². The van der Waals surface area contributed by atoms with E-state index in [0.717, 1.165) is 22.8 Å². The van der Waals surface area contributed by atoms with Gasteiger partial charge in [0.25, 0.3) is 0 Å². The van der Waals surface area contributed by atoms with Crippen LogP contribution in [-0.4, -0.2) is 42.8 Å². The molecule has 0 spiro atoms. The van der Waals surface area contributed by atoms with Crippen LogP contribution in [0.1, 0.15) is 5.69 Å². The first-order valence-corrected chi connectivity index (χ1v) is 10.9. The van der Waals surface area contributed by atoms with Crippen LogP contribution in [0.4, 0.5) is 0 Å². The van der Waals surface area contributed by atoms with Crippen LogP contribution in [0.25, 0.3) is 0 Å². The first-order chi connectivity index (χ1) is 8.92. The second kappa shape index (κ2) is 8.16. The lowest BCUT2D eigenvalue weighted by atomic mass is 10.5. The molecule has 0 amide bonds. The van der Waals surface area contributed by atoms with Gasteiger partial charge in [-0.25, -0.2) is 4.68 Å². The standard InChI is InChI=1S/C12H23BrN2O3Si/c1-19(2,3)7-6-18-10-15-8-11(13)12(14-15)9-17-5-4-16/h8,16H,4-7,9-10H2,1-3H3. The summed E-state index contributed by atoms with van der Waals surface area (Å²) in [4.78, 5) is 0. The Bertz CT molecular complexity index is 380. The molecule has 0 atom stereocenters. The maximum atomic E-state index is 8.65. The lowest BCUT2D eigenvalue weighted by molar-refractivity contribution is 0.0705. The molecule has 0 aliphatic rings. The van der Waals surface area contributed by atoms with Gasteiger partial charge in [0.2, 0.25) is 0 Å². The van der Waals surface area contributed by atoms with E-state index in [-0.39, 0.29) is 6.61 Å². The van der Waals surface area contributed by atoms with Crippen LogP contribution in [0.5, 0.6) is 0 Å². The highest BCUT2D eigenvalue weighted by atomic mass is 79.9. The average Bonchev–Trinajstić information content (AvgIpc) is 2.65. The molecule has 0 radical (unpaired) electrons. The van der Waals surface area contributed by atoms with Gasteiger partial charge in [-0.05, 0) is 22.0 Å². The molecule has 0 aliphatic carbocycles. The van der Waals surface area contributed by atoms with E-state index in [2.05, 4.69) is 40.7 Å². The van der Waals surface area contributed by atoms with Crippen molar-refractivity contribution in [1.82, 2.24) is 9.78 Å². The molecule has 1 aromatic rings. The molecule has 1 rings (SSSR count). The molecule has 1 heterocycles. The molecule has 0 bridgehead atoms. The van der Waals surface area contributed by atoms with Gasteiger partial charge in [-0.2, -0.15) is 5.10 Å². The minimum absolute atomic E-state index is 0.0259. The molecule has 1 aromatic heterocycles. The Morgan fingerprint density at radius 2 is 2.05 bits per heavy atom. The predicted molar refractivity (Wildman–Crippen MR) is 80.8 cm³/mol. The van der Waals surface area contributed by atoms with Crippen molar-refractivity contribution in [3.8, 4) is 0 Å². The molecule has 0 saturated heterocycles. The fourth-order valence-corrected chi connectivity index (χ4v) is 2.56. The molecule has 0 fully saturated rings. The Kier molecular flexibility index (Phi) is 7.23. The summed E-state index contributed by atoms with van der Waals surface area (Å²) in [5, 5.41) is 13.0. The number of hydrogen-bond acceptors (Lipinski definition) is 4. The zero-order chi connectivity index (χ0) is 14.3. The lowest BCUT2D eigenvalue weighted by Gasteiger charge is -2.15. The minimum atomic E-state index is -1.03. The van der Waals surface area contributed by atoms with E-state index in [4.69, 9.17) is 14.6 Å². The third-order valence-corrected chi connectivity index (χ3v) is 4.85. The SMILES string of the molecule is C[Si](C)(C)CCOCn1cc(Br)c(COCCO)n1. The van der Waals surface area contributed by atoms with Crippen LogP contribution in [-0.2, 0) is 22.8 Å². The third-order valence-electron chi connectivity index (χ3n) is 2.48. The van der Waals surface area contributed by atoms with Crippen molar-refractivity contribution >= 4 is 24.0 Å². The molecule has 0 aliphatic heterocycles. The number of aromatic nitrogens is 2. The molecule has 0 aromatic carbocycles. The van der Waals surface area contributed by atoms with Gasteiger partial charge in [-0.1, -0.05) is 19.6 Å². The molecule has 5 nitrogen and oxygen atoms in total. The fraction of sp³-hybridized carbons (Fsp3) is 0.750. The minimum Gasteiger partial charge on any atom is -0.394 e. The number of rotatable bonds is 9. The summed E-state index contributed by atoms with van der Waals surface area (Å²) in [6.07, 6.45) is 1.88. The average molecular weight is 351 g/mol. The van der Waals surface area contributed by atoms with Crippen molar-refractivity contribution in [3.05, 3.63) is 16.4 Å². The summed E-state index contributed by atoms with van der Waals surface area (Å²) in [5.74, 6) is 0. The maximum Gasteiger partial charge on any atom is 0.139 e. The number of halogens is 1. The van der Waals surface area contributed by atoms with E-state index in [0.29, 0.717) is 19.9 Å².